The van der Waals surface area contributed by atoms with Crippen LogP contribution in [0.25, 0.3) is 10.2 Å². The molecule has 3 rings (SSSR count). The number of aryl methyl sites for hydroxylation is 1. The predicted octanol–water partition coefficient (Wildman–Crippen LogP) is 1.16. The first-order valence-corrected chi connectivity index (χ1v) is 10.1. The first-order valence-electron chi connectivity index (χ1n) is 9.21. The van der Waals surface area contributed by atoms with Crippen LogP contribution in [-0.2, 0) is 11.2 Å². The lowest BCUT2D eigenvalue weighted by Crippen LogP contribution is -2.53. The minimum absolute atomic E-state index is 0.00351. The van der Waals surface area contributed by atoms with E-state index in [9.17, 15) is 4.79 Å². The topological polar surface area (TPSA) is 114 Å². The van der Waals surface area contributed by atoms with E-state index in [0.29, 0.717) is 26.1 Å². The molecule has 0 bridgehead atoms. The first-order chi connectivity index (χ1) is 12.5. The van der Waals surface area contributed by atoms with Crippen LogP contribution in [0.5, 0.6) is 0 Å². The molecule has 0 aliphatic carbocycles. The van der Waals surface area contributed by atoms with Gasteiger partial charge in [0.05, 0.1) is 11.7 Å². The second kappa shape index (κ2) is 8.20. The maximum Gasteiger partial charge on any atom is 0.239 e. The van der Waals surface area contributed by atoms with Gasteiger partial charge in [0.2, 0.25) is 5.91 Å². The van der Waals surface area contributed by atoms with E-state index < -0.39 is 6.04 Å². The lowest BCUT2D eigenvalue weighted by atomic mass is 10.1. The Balaban J connectivity index is 1.74. The summed E-state index contributed by atoms with van der Waals surface area (Å²) in [6.07, 6.45) is 2.58. The van der Waals surface area contributed by atoms with Gasteiger partial charge in [0.1, 0.15) is 10.6 Å². The van der Waals surface area contributed by atoms with Gasteiger partial charge < -0.3 is 27.0 Å². The van der Waals surface area contributed by atoms with Crippen molar-refractivity contribution >= 4 is 39.0 Å². The van der Waals surface area contributed by atoms with Crippen molar-refractivity contribution in [3.8, 4) is 0 Å². The molecule has 1 saturated heterocycles. The molecule has 1 aliphatic heterocycles. The molecule has 1 fully saturated rings. The van der Waals surface area contributed by atoms with Crippen molar-refractivity contribution in [1.82, 2.24) is 9.88 Å². The smallest absolute Gasteiger partial charge is 0.239 e. The highest BCUT2D eigenvalue weighted by atomic mass is 32.1. The van der Waals surface area contributed by atoms with Crippen molar-refractivity contribution in [1.29, 1.82) is 0 Å². The molecule has 7 nitrogen and oxygen atoms in total. The predicted molar refractivity (Wildman–Crippen MR) is 108 cm³/mol. The summed E-state index contributed by atoms with van der Waals surface area (Å²) in [7, 11) is 0. The van der Waals surface area contributed by atoms with Crippen LogP contribution in [0.4, 0.5) is 11.5 Å². The molecule has 3 heterocycles. The molecular weight excluding hydrogens is 348 g/mol. The van der Waals surface area contributed by atoms with Crippen molar-refractivity contribution in [3.63, 3.8) is 0 Å². The zero-order valence-corrected chi connectivity index (χ0v) is 16.1. The molecule has 0 spiro atoms. The Kier molecular flexibility index (Phi) is 5.95. The Morgan fingerprint density at radius 1 is 1.35 bits per heavy atom. The van der Waals surface area contributed by atoms with E-state index in [1.54, 1.807) is 11.3 Å². The van der Waals surface area contributed by atoms with Gasteiger partial charge in [-0.25, -0.2) is 4.98 Å². The number of anilines is 2. The summed E-state index contributed by atoms with van der Waals surface area (Å²) < 4.78 is 0. The molecular formula is C18H28N6OS. The van der Waals surface area contributed by atoms with Crippen LogP contribution < -0.4 is 22.1 Å². The van der Waals surface area contributed by atoms with Gasteiger partial charge in [-0.05, 0) is 31.0 Å². The van der Waals surface area contributed by atoms with Crippen molar-refractivity contribution in [2.24, 2.45) is 11.5 Å². The maximum atomic E-state index is 12.3. The van der Waals surface area contributed by atoms with Crippen molar-refractivity contribution in [2.45, 2.75) is 32.2 Å². The second-order valence-corrected chi connectivity index (χ2v) is 7.62. The number of carbonyl (C=O) groups excluding carboxylic acids is 1. The molecule has 8 heteroatoms. The Labute approximate surface area is 158 Å². The molecule has 26 heavy (non-hydrogen) atoms. The fourth-order valence-electron chi connectivity index (χ4n) is 3.45. The molecule has 1 aliphatic rings. The molecule has 1 atom stereocenters. The van der Waals surface area contributed by atoms with Crippen LogP contribution >= 0.6 is 11.3 Å². The summed E-state index contributed by atoms with van der Waals surface area (Å²) in [5.74, 6) is 0.970. The summed E-state index contributed by atoms with van der Waals surface area (Å²) in [5.41, 5.74) is 19.6. The molecule has 2 aromatic rings. The molecule has 0 radical (unpaired) electrons. The molecule has 6 N–H and O–H groups in total. The SMILES string of the molecule is CCCc1cc(N2CCN(C(=O)C(N)CCN)CC2)nc2scc(N)c12. The number of nitrogen functional groups attached to an aromatic ring is 1. The fourth-order valence-corrected chi connectivity index (χ4v) is 4.32. The Hall–Kier alpha value is -1.90. The Morgan fingerprint density at radius 2 is 2.08 bits per heavy atom. The highest BCUT2D eigenvalue weighted by molar-refractivity contribution is 7.17. The largest absolute Gasteiger partial charge is 0.397 e. The standard InChI is InChI=1S/C18H28N6OS/c1-2-3-12-10-15(22-17-16(12)14(21)11-26-17)23-6-8-24(9-7-23)18(25)13(20)4-5-19/h10-11,13H,2-9,19-21H2,1H3. The first kappa shape index (κ1) is 18.9. The van der Waals surface area contributed by atoms with E-state index in [0.717, 1.165) is 47.7 Å². The number of hydrogen-bond acceptors (Lipinski definition) is 7. The monoisotopic (exact) mass is 376 g/mol. The number of nitrogens with two attached hydrogens (primary N) is 3. The van der Waals surface area contributed by atoms with Crippen LogP contribution in [0.1, 0.15) is 25.3 Å². The van der Waals surface area contributed by atoms with E-state index >= 15 is 0 Å². The number of pyridine rings is 1. The highest BCUT2D eigenvalue weighted by Gasteiger charge is 2.26. The molecule has 2 aromatic heterocycles. The second-order valence-electron chi connectivity index (χ2n) is 6.76. The third kappa shape index (κ3) is 3.77. The Morgan fingerprint density at radius 3 is 2.73 bits per heavy atom. The van der Waals surface area contributed by atoms with E-state index in [2.05, 4.69) is 17.9 Å². The van der Waals surface area contributed by atoms with Gasteiger partial charge in [0.15, 0.2) is 0 Å². The summed E-state index contributed by atoms with van der Waals surface area (Å²) in [6, 6.07) is 1.67. The van der Waals surface area contributed by atoms with Crippen LogP contribution in [0.15, 0.2) is 11.4 Å². The van der Waals surface area contributed by atoms with Gasteiger partial charge >= 0.3 is 0 Å². The number of hydrogen-bond donors (Lipinski definition) is 3. The van der Waals surface area contributed by atoms with E-state index in [1.165, 1.54) is 5.56 Å². The number of rotatable bonds is 6. The van der Waals surface area contributed by atoms with Crippen LogP contribution in [0.2, 0.25) is 0 Å². The molecule has 142 valence electrons. The van der Waals surface area contributed by atoms with E-state index in [-0.39, 0.29) is 5.91 Å². The van der Waals surface area contributed by atoms with Gasteiger partial charge in [0, 0.05) is 36.9 Å². The highest BCUT2D eigenvalue weighted by Crippen LogP contribution is 2.33. The molecule has 1 amide bonds. The maximum absolute atomic E-state index is 12.3. The number of thiophene rings is 1. The number of fused-ring (bicyclic) bond motifs is 1. The summed E-state index contributed by atoms with van der Waals surface area (Å²) in [5, 5.41) is 3.07. The number of piperazine rings is 1. The van der Waals surface area contributed by atoms with E-state index in [1.807, 2.05) is 10.3 Å². The van der Waals surface area contributed by atoms with Gasteiger partial charge in [-0.3, -0.25) is 4.79 Å². The van der Waals surface area contributed by atoms with Gasteiger partial charge in [0.25, 0.3) is 0 Å². The number of carbonyl (C=O) groups is 1. The number of nitrogens with zero attached hydrogens (tertiary/aromatic N) is 3. The minimum atomic E-state index is -0.494. The normalized spacial score (nSPS) is 16.3. The van der Waals surface area contributed by atoms with Crippen LogP contribution in [0, 0.1) is 0 Å². The lowest BCUT2D eigenvalue weighted by Gasteiger charge is -2.36. The number of aromatic nitrogens is 1. The summed E-state index contributed by atoms with van der Waals surface area (Å²) >= 11 is 1.59. The summed E-state index contributed by atoms with van der Waals surface area (Å²) in [4.78, 5) is 22.2. The van der Waals surface area contributed by atoms with Crippen molar-refractivity contribution in [3.05, 3.63) is 17.0 Å². The fraction of sp³-hybridized carbons (Fsp3) is 0.556. The summed E-state index contributed by atoms with van der Waals surface area (Å²) in [6.45, 7) is 5.43. The quantitative estimate of drug-likeness (QED) is 0.697. The molecule has 0 aromatic carbocycles. The molecule has 1 unspecified atom stereocenters. The average Bonchev–Trinajstić information content (AvgIpc) is 3.03. The van der Waals surface area contributed by atoms with E-state index in [4.69, 9.17) is 22.2 Å². The third-order valence-electron chi connectivity index (χ3n) is 4.87. The van der Waals surface area contributed by atoms with Crippen LogP contribution in [-0.4, -0.2) is 54.6 Å². The average molecular weight is 377 g/mol. The van der Waals surface area contributed by atoms with Crippen molar-refractivity contribution in [2.75, 3.05) is 43.4 Å². The van der Waals surface area contributed by atoms with Gasteiger partial charge in [-0.15, -0.1) is 11.3 Å². The lowest BCUT2D eigenvalue weighted by molar-refractivity contribution is -0.133. The molecule has 0 saturated carbocycles. The zero-order chi connectivity index (χ0) is 18.7. The zero-order valence-electron chi connectivity index (χ0n) is 15.3. The number of amides is 1. The van der Waals surface area contributed by atoms with Crippen LogP contribution in [0.3, 0.4) is 0 Å². The van der Waals surface area contributed by atoms with Crippen molar-refractivity contribution < 1.29 is 4.79 Å². The van der Waals surface area contributed by atoms with Gasteiger partial charge in [-0.2, -0.15) is 0 Å². The third-order valence-corrected chi connectivity index (χ3v) is 5.76. The minimum Gasteiger partial charge on any atom is -0.397 e. The van der Waals surface area contributed by atoms with Gasteiger partial charge in [-0.1, -0.05) is 13.3 Å². The Bertz CT molecular complexity index is 768.